The van der Waals surface area contributed by atoms with Gasteiger partial charge < -0.3 is 42.6 Å². The molecule has 0 amide bonds. The van der Waals surface area contributed by atoms with Crippen LogP contribution >= 0.6 is 0 Å². The van der Waals surface area contributed by atoms with E-state index in [0.717, 1.165) is 33.4 Å². The molecule has 0 radical (unpaired) electrons. The highest BCUT2D eigenvalue weighted by molar-refractivity contribution is 5.91. The monoisotopic (exact) mass is 870 g/mol. The molecule has 65 heavy (non-hydrogen) atoms. The van der Waals surface area contributed by atoms with Gasteiger partial charge in [0.25, 0.3) is 0 Å². The van der Waals surface area contributed by atoms with E-state index in [9.17, 15) is 4.79 Å². The summed E-state index contributed by atoms with van der Waals surface area (Å²) in [5, 5.41) is 0. The molecule has 2 aliphatic heterocycles. The molecule has 2 saturated heterocycles. The summed E-state index contributed by atoms with van der Waals surface area (Å²) in [5.41, 5.74) is 5.64. The molecule has 0 aliphatic carbocycles. The molecule has 6 atom stereocenters. The minimum Gasteiger partial charge on any atom is -0.485 e. The first-order valence-corrected chi connectivity index (χ1v) is 21.8. The number of carbonyl (C=O) groups is 1. The third kappa shape index (κ3) is 11.5. The fourth-order valence-electron chi connectivity index (χ4n) is 7.74. The van der Waals surface area contributed by atoms with Crippen molar-refractivity contribution in [2.45, 2.75) is 70.0 Å². The third-order valence-electron chi connectivity index (χ3n) is 11.1. The third-order valence-corrected chi connectivity index (χ3v) is 11.1. The molecule has 7 aromatic carbocycles. The van der Waals surface area contributed by atoms with E-state index in [1.807, 2.05) is 182 Å². The van der Waals surface area contributed by atoms with Crippen LogP contribution in [0.1, 0.15) is 50.0 Å². The van der Waals surface area contributed by atoms with Crippen molar-refractivity contribution in [3.05, 3.63) is 233 Å². The Hall–Kier alpha value is -6.79. The molecule has 7 aromatic rings. The van der Waals surface area contributed by atoms with Crippen molar-refractivity contribution in [2.24, 2.45) is 0 Å². The van der Waals surface area contributed by atoms with E-state index in [2.05, 4.69) is 0 Å². The maximum Gasteiger partial charge on any atom is 0.338 e. The molecule has 330 valence electrons. The van der Waals surface area contributed by atoms with Crippen LogP contribution in [0.4, 0.5) is 0 Å². The van der Waals surface area contributed by atoms with Crippen LogP contribution < -0.4 is 14.2 Å². The Kier molecular flexibility index (Phi) is 14.5. The molecule has 9 rings (SSSR count). The molecule has 10 nitrogen and oxygen atoms in total. The first kappa shape index (κ1) is 43.5. The van der Waals surface area contributed by atoms with Gasteiger partial charge in [0.1, 0.15) is 38.1 Å². The molecule has 0 aromatic heterocycles. The lowest BCUT2D eigenvalue weighted by Crippen LogP contribution is -2.64. The van der Waals surface area contributed by atoms with Gasteiger partial charge in [0, 0.05) is 5.56 Å². The number of rotatable bonds is 18. The standard InChI is InChI=1S/C55H50O10/c56-53(45-31-46(57-33-39-19-7-1-8-20-39)49(59-35-41-23-11-3-12-24-41)47(32-45)58-34-40-21-9-2-10-22-40)64-52-51(60-36-42-25-13-4-14-26-42)50-48(38-62-54(65-50)44-29-17-6-18-30-44)63-55(52)61-37-43-27-15-5-16-28-43/h1-32,48,50-52,54-55H,33-38H2/t48-,50-,51+,52-,54-,55-/m1/s1. The van der Waals surface area contributed by atoms with Crippen molar-refractivity contribution in [1.29, 1.82) is 0 Å². The molecule has 0 saturated carbocycles. The van der Waals surface area contributed by atoms with Crippen LogP contribution in [0.5, 0.6) is 17.2 Å². The van der Waals surface area contributed by atoms with Crippen LogP contribution in [0.15, 0.2) is 194 Å². The average Bonchev–Trinajstić information content (AvgIpc) is 3.37. The highest BCUT2D eigenvalue weighted by Crippen LogP contribution is 2.42. The maximum absolute atomic E-state index is 14.9. The van der Waals surface area contributed by atoms with Gasteiger partial charge in [-0.15, -0.1) is 0 Å². The zero-order valence-corrected chi connectivity index (χ0v) is 35.8. The predicted octanol–water partition coefficient (Wildman–Crippen LogP) is 10.6. The van der Waals surface area contributed by atoms with Gasteiger partial charge in [-0.25, -0.2) is 4.79 Å². The Labute approximate surface area is 379 Å². The number of esters is 1. The predicted molar refractivity (Wildman–Crippen MR) is 243 cm³/mol. The van der Waals surface area contributed by atoms with Gasteiger partial charge >= 0.3 is 5.97 Å². The van der Waals surface area contributed by atoms with Crippen LogP contribution in [-0.4, -0.2) is 43.3 Å². The van der Waals surface area contributed by atoms with Gasteiger partial charge in [0.05, 0.1) is 25.4 Å². The maximum atomic E-state index is 14.9. The molecule has 0 spiro atoms. The van der Waals surface area contributed by atoms with Gasteiger partial charge in [0.15, 0.2) is 30.2 Å². The Morgan fingerprint density at radius 2 is 0.908 bits per heavy atom. The van der Waals surface area contributed by atoms with E-state index in [1.54, 1.807) is 12.1 Å². The van der Waals surface area contributed by atoms with Gasteiger partial charge in [-0.1, -0.05) is 182 Å². The fraction of sp³-hybridized carbons (Fsp3) is 0.218. The highest BCUT2D eigenvalue weighted by Gasteiger charge is 2.53. The second kappa shape index (κ2) is 21.7. The van der Waals surface area contributed by atoms with Crippen LogP contribution in [0, 0.1) is 0 Å². The Morgan fingerprint density at radius 3 is 1.40 bits per heavy atom. The summed E-state index contributed by atoms with van der Waals surface area (Å²) in [5.74, 6) is 0.259. The lowest BCUT2D eigenvalue weighted by Gasteiger charge is -2.48. The summed E-state index contributed by atoms with van der Waals surface area (Å²) in [6.07, 6.45) is -5.07. The minimum atomic E-state index is -1.11. The van der Waals surface area contributed by atoms with E-state index in [1.165, 1.54) is 0 Å². The molecule has 2 fully saturated rings. The normalized spacial score (nSPS) is 20.2. The zero-order chi connectivity index (χ0) is 44.0. The number of ether oxygens (including phenoxy) is 9. The molecule has 2 heterocycles. The molecular formula is C55H50O10. The zero-order valence-electron chi connectivity index (χ0n) is 35.8. The quantitative estimate of drug-likeness (QED) is 0.0775. The molecule has 0 bridgehead atoms. The number of fused-ring (bicyclic) bond motifs is 1. The summed E-state index contributed by atoms with van der Waals surface area (Å²) in [4.78, 5) is 14.9. The van der Waals surface area contributed by atoms with E-state index in [4.69, 9.17) is 42.6 Å². The first-order chi connectivity index (χ1) is 32.1. The molecular weight excluding hydrogens is 821 g/mol. The van der Waals surface area contributed by atoms with E-state index >= 15 is 0 Å². The SMILES string of the molecule is O=C(O[C@H]1[C@H](OCc2ccccc2)O[C@@H]2CO[C@@H](c3ccccc3)O[C@H]2[C@@H]1OCc1ccccc1)c1cc(OCc2ccccc2)c(OCc2ccccc2)c(OCc2ccccc2)c1. The summed E-state index contributed by atoms with van der Waals surface area (Å²) >= 11 is 0. The average molecular weight is 871 g/mol. The Morgan fingerprint density at radius 1 is 0.477 bits per heavy atom. The van der Waals surface area contributed by atoms with Crippen molar-refractivity contribution < 1.29 is 47.4 Å². The first-order valence-electron chi connectivity index (χ1n) is 21.8. The number of hydrogen-bond acceptors (Lipinski definition) is 10. The largest absolute Gasteiger partial charge is 0.485 e. The van der Waals surface area contributed by atoms with E-state index < -0.39 is 43.0 Å². The topological polar surface area (TPSA) is 100 Å². The summed E-state index contributed by atoms with van der Waals surface area (Å²) in [6, 6.07) is 61.9. The van der Waals surface area contributed by atoms with Crippen molar-refractivity contribution >= 4 is 5.97 Å². The second-order valence-electron chi connectivity index (χ2n) is 15.8. The summed E-state index contributed by atoms with van der Waals surface area (Å²) in [7, 11) is 0. The summed E-state index contributed by atoms with van der Waals surface area (Å²) in [6.45, 7) is 1.20. The van der Waals surface area contributed by atoms with E-state index in [-0.39, 0.29) is 45.2 Å². The molecule has 10 heteroatoms. The van der Waals surface area contributed by atoms with Gasteiger partial charge in [-0.3, -0.25) is 0 Å². The molecule has 0 unspecified atom stereocenters. The van der Waals surface area contributed by atoms with Crippen LogP contribution in [-0.2, 0) is 61.5 Å². The highest BCUT2D eigenvalue weighted by atomic mass is 16.8. The van der Waals surface area contributed by atoms with E-state index in [0.29, 0.717) is 17.2 Å². The molecule has 2 aliphatic rings. The minimum absolute atomic E-state index is 0.156. The molecule has 0 N–H and O–H groups in total. The van der Waals surface area contributed by atoms with Crippen LogP contribution in [0.3, 0.4) is 0 Å². The number of hydrogen-bond donors (Lipinski definition) is 0. The van der Waals surface area contributed by atoms with Crippen molar-refractivity contribution in [3.63, 3.8) is 0 Å². The van der Waals surface area contributed by atoms with Crippen LogP contribution in [0.25, 0.3) is 0 Å². The fourth-order valence-corrected chi connectivity index (χ4v) is 7.74. The lowest BCUT2D eigenvalue weighted by atomic mass is 9.97. The lowest BCUT2D eigenvalue weighted by molar-refractivity contribution is -0.367. The van der Waals surface area contributed by atoms with Crippen molar-refractivity contribution in [1.82, 2.24) is 0 Å². The van der Waals surface area contributed by atoms with Gasteiger partial charge in [-0.2, -0.15) is 0 Å². The smallest absolute Gasteiger partial charge is 0.338 e. The van der Waals surface area contributed by atoms with Crippen molar-refractivity contribution in [2.75, 3.05) is 6.61 Å². The van der Waals surface area contributed by atoms with Crippen molar-refractivity contribution in [3.8, 4) is 17.2 Å². The van der Waals surface area contributed by atoms with Crippen LogP contribution in [0.2, 0.25) is 0 Å². The second-order valence-corrected chi connectivity index (χ2v) is 15.8. The Balaban J connectivity index is 1.08. The summed E-state index contributed by atoms with van der Waals surface area (Å²) < 4.78 is 59.0. The number of carbonyl (C=O) groups excluding carboxylic acids is 1. The van der Waals surface area contributed by atoms with Gasteiger partial charge in [0.2, 0.25) is 5.75 Å². The Bertz CT molecular complexity index is 2460. The van der Waals surface area contributed by atoms with Gasteiger partial charge in [-0.05, 0) is 39.9 Å². The number of benzene rings is 7.